The number of nitrogens with zero attached hydrogens (tertiary/aromatic N) is 1. The molecule has 2 nitrogen and oxygen atoms in total. The standard InChI is InChI=1S/C15H32N2/c1-7-12-10-9-11(3)17(12)14(13(16)8-2)15(4,5)6/h11-14H,7-10,16H2,1-6H3. The van der Waals surface area contributed by atoms with Crippen LogP contribution in [0.5, 0.6) is 0 Å². The van der Waals surface area contributed by atoms with Crippen LogP contribution in [0.1, 0.15) is 67.2 Å². The Balaban J connectivity index is 2.96. The number of likely N-dealkylation sites (tertiary alicyclic amines) is 1. The van der Waals surface area contributed by atoms with Crippen LogP contribution in [-0.2, 0) is 0 Å². The molecule has 1 rings (SSSR count). The molecule has 0 saturated carbocycles. The molecule has 0 spiro atoms. The highest BCUT2D eigenvalue weighted by Gasteiger charge is 2.42. The minimum Gasteiger partial charge on any atom is -0.326 e. The van der Waals surface area contributed by atoms with Gasteiger partial charge in [-0.2, -0.15) is 0 Å². The summed E-state index contributed by atoms with van der Waals surface area (Å²) in [5.74, 6) is 0. The molecular weight excluding hydrogens is 208 g/mol. The lowest BCUT2D eigenvalue weighted by Gasteiger charge is -2.46. The second-order valence-corrected chi connectivity index (χ2v) is 6.82. The Morgan fingerprint density at radius 3 is 2.24 bits per heavy atom. The molecule has 0 aromatic carbocycles. The van der Waals surface area contributed by atoms with Crippen molar-refractivity contribution in [3.8, 4) is 0 Å². The predicted octanol–water partition coefficient (Wildman–Crippen LogP) is 3.40. The monoisotopic (exact) mass is 240 g/mol. The van der Waals surface area contributed by atoms with E-state index in [0.717, 1.165) is 12.5 Å². The molecule has 1 heterocycles. The van der Waals surface area contributed by atoms with Gasteiger partial charge in [-0.25, -0.2) is 0 Å². The van der Waals surface area contributed by atoms with Crippen molar-refractivity contribution in [2.45, 2.75) is 91.4 Å². The number of hydrogen-bond acceptors (Lipinski definition) is 2. The van der Waals surface area contributed by atoms with Crippen molar-refractivity contribution < 1.29 is 0 Å². The Kier molecular flexibility index (Phi) is 5.03. The molecule has 1 aliphatic heterocycles. The molecule has 4 unspecified atom stereocenters. The second-order valence-electron chi connectivity index (χ2n) is 6.82. The van der Waals surface area contributed by atoms with Gasteiger partial charge in [0.25, 0.3) is 0 Å². The molecule has 4 atom stereocenters. The summed E-state index contributed by atoms with van der Waals surface area (Å²) in [6.45, 7) is 13.9. The smallest absolute Gasteiger partial charge is 0.0301 e. The first-order valence-electron chi connectivity index (χ1n) is 7.35. The molecule has 0 amide bonds. The summed E-state index contributed by atoms with van der Waals surface area (Å²) in [5, 5.41) is 0. The summed E-state index contributed by atoms with van der Waals surface area (Å²) in [6, 6.07) is 2.24. The van der Waals surface area contributed by atoms with Crippen molar-refractivity contribution in [3.05, 3.63) is 0 Å². The average Bonchev–Trinajstić information content (AvgIpc) is 2.58. The van der Waals surface area contributed by atoms with Crippen LogP contribution in [0.3, 0.4) is 0 Å². The maximum atomic E-state index is 6.42. The third-order valence-corrected chi connectivity index (χ3v) is 4.40. The van der Waals surface area contributed by atoms with E-state index in [1.807, 2.05) is 0 Å². The van der Waals surface area contributed by atoms with E-state index < -0.39 is 0 Å². The van der Waals surface area contributed by atoms with Crippen molar-refractivity contribution in [1.82, 2.24) is 4.90 Å². The summed E-state index contributed by atoms with van der Waals surface area (Å²) in [5.41, 5.74) is 6.69. The van der Waals surface area contributed by atoms with E-state index in [9.17, 15) is 0 Å². The van der Waals surface area contributed by atoms with Crippen LogP contribution in [0.15, 0.2) is 0 Å². The van der Waals surface area contributed by atoms with Crippen LogP contribution < -0.4 is 5.73 Å². The maximum absolute atomic E-state index is 6.42. The fourth-order valence-corrected chi connectivity index (χ4v) is 3.54. The highest BCUT2D eigenvalue weighted by molar-refractivity contribution is 4.98. The van der Waals surface area contributed by atoms with E-state index in [2.05, 4.69) is 46.4 Å². The first-order valence-corrected chi connectivity index (χ1v) is 7.35. The van der Waals surface area contributed by atoms with Gasteiger partial charge in [-0.3, -0.25) is 4.90 Å². The maximum Gasteiger partial charge on any atom is 0.0301 e. The van der Waals surface area contributed by atoms with Crippen LogP contribution in [0, 0.1) is 5.41 Å². The lowest BCUT2D eigenvalue weighted by molar-refractivity contribution is 0.0379. The van der Waals surface area contributed by atoms with Crippen LogP contribution in [0.25, 0.3) is 0 Å². The van der Waals surface area contributed by atoms with Gasteiger partial charge in [0.05, 0.1) is 0 Å². The lowest BCUT2D eigenvalue weighted by Crippen LogP contribution is -2.57. The van der Waals surface area contributed by atoms with E-state index in [4.69, 9.17) is 5.73 Å². The van der Waals surface area contributed by atoms with Gasteiger partial charge in [-0.05, 0) is 38.0 Å². The summed E-state index contributed by atoms with van der Waals surface area (Å²) in [4.78, 5) is 2.73. The van der Waals surface area contributed by atoms with Crippen LogP contribution >= 0.6 is 0 Å². The fourth-order valence-electron chi connectivity index (χ4n) is 3.54. The van der Waals surface area contributed by atoms with Crippen molar-refractivity contribution in [1.29, 1.82) is 0 Å². The first-order chi connectivity index (χ1) is 7.82. The molecule has 1 saturated heterocycles. The first kappa shape index (κ1) is 15.0. The molecule has 0 aromatic heterocycles. The summed E-state index contributed by atoms with van der Waals surface area (Å²) < 4.78 is 0. The van der Waals surface area contributed by atoms with Crippen LogP contribution in [-0.4, -0.2) is 29.1 Å². The minimum atomic E-state index is 0.265. The van der Waals surface area contributed by atoms with Gasteiger partial charge in [0.15, 0.2) is 0 Å². The zero-order valence-electron chi connectivity index (χ0n) is 12.7. The molecule has 1 fully saturated rings. The highest BCUT2D eigenvalue weighted by atomic mass is 15.3. The second kappa shape index (κ2) is 5.71. The number of rotatable bonds is 4. The van der Waals surface area contributed by atoms with E-state index in [1.165, 1.54) is 19.3 Å². The predicted molar refractivity (Wildman–Crippen MR) is 76.1 cm³/mol. The molecule has 2 heteroatoms. The fraction of sp³-hybridized carbons (Fsp3) is 1.00. The zero-order valence-corrected chi connectivity index (χ0v) is 12.7. The van der Waals surface area contributed by atoms with Crippen molar-refractivity contribution in [2.24, 2.45) is 11.1 Å². The Bertz CT molecular complexity index is 232. The number of nitrogens with two attached hydrogens (primary N) is 1. The van der Waals surface area contributed by atoms with Gasteiger partial charge in [0, 0.05) is 24.2 Å². The van der Waals surface area contributed by atoms with Gasteiger partial charge < -0.3 is 5.73 Å². The Labute approximate surface area is 108 Å². The Morgan fingerprint density at radius 2 is 1.82 bits per heavy atom. The minimum absolute atomic E-state index is 0.265. The molecule has 102 valence electrons. The summed E-state index contributed by atoms with van der Waals surface area (Å²) >= 11 is 0. The Morgan fingerprint density at radius 1 is 1.24 bits per heavy atom. The third kappa shape index (κ3) is 3.23. The van der Waals surface area contributed by atoms with Gasteiger partial charge in [-0.15, -0.1) is 0 Å². The van der Waals surface area contributed by atoms with Gasteiger partial charge in [0.1, 0.15) is 0 Å². The quantitative estimate of drug-likeness (QED) is 0.816. The molecular formula is C15H32N2. The normalized spacial score (nSPS) is 30.5. The topological polar surface area (TPSA) is 29.3 Å². The van der Waals surface area contributed by atoms with Gasteiger partial charge in [-0.1, -0.05) is 34.6 Å². The van der Waals surface area contributed by atoms with E-state index in [1.54, 1.807) is 0 Å². The van der Waals surface area contributed by atoms with Crippen LogP contribution in [0.2, 0.25) is 0 Å². The largest absolute Gasteiger partial charge is 0.326 e. The third-order valence-electron chi connectivity index (χ3n) is 4.40. The SMILES string of the molecule is CCC(N)C(N1C(C)CCC1CC)C(C)(C)C. The van der Waals surface area contributed by atoms with Crippen molar-refractivity contribution in [2.75, 3.05) is 0 Å². The lowest BCUT2D eigenvalue weighted by atomic mass is 9.79. The Hall–Kier alpha value is -0.0800. The molecule has 17 heavy (non-hydrogen) atoms. The molecule has 0 bridgehead atoms. The van der Waals surface area contributed by atoms with Gasteiger partial charge in [0.2, 0.25) is 0 Å². The van der Waals surface area contributed by atoms with Crippen molar-refractivity contribution in [3.63, 3.8) is 0 Å². The molecule has 1 aliphatic rings. The van der Waals surface area contributed by atoms with Crippen LogP contribution in [0.4, 0.5) is 0 Å². The van der Waals surface area contributed by atoms with E-state index in [0.29, 0.717) is 18.1 Å². The van der Waals surface area contributed by atoms with E-state index >= 15 is 0 Å². The van der Waals surface area contributed by atoms with Crippen molar-refractivity contribution >= 4 is 0 Å². The highest BCUT2D eigenvalue weighted by Crippen LogP contribution is 2.36. The summed E-state index contributed by atoms with van der Waals surface area (Å²) in [6.07, 6.45) is 5.01. The number of hydrogen-bond donors (Lipinski definition) is 1. The molecule has 0 aliphatic carbocycles. The molecule has 2 N–H and O–H groups in total. The van der Waals surface area contributed by atoms with Gasteiger partial charge >= 0.3 is 0 Å². The molecule has 0 aromatic rings. The zero-order chi connectivity index (χ0) is 13.2. The van der Waals surface area contributed by atoms with E-state index in [-0.39, 0.29) is 5.41 Å². The summed E-state index contributed by atoms with van der Waals surface area (Å²) in [7, 11) is 0. The average molecular weight is 240 g/mol. The molecule has 0 radical (unpaired) electrons.